The highest BCUT2D eigenvalue weighted by atomic mass is 19.3. The van der Waals surface area contributed by atoms with Gasteiger partial charge >= 0.3 is 0 Å². The van der Waals surface area contributed by atoms with Gasteiger partial charge in [0.25, 0.3) is 12.3 Å². The lowest BCUT2D eigenvalue weighted by Crippen LogP contribution is -2.56. The van der Waals surface area contributed by atoms with Crippen LogP contribution in [0.1, 0.15) is 17.6 Å². The van der Waals surface area contributed by atoms with Crippen molar-refractivity contribution in [3.05, 3.63) is 71.4 Å². The van der Waals surface area contributed by atoms with Crippen molar-refractivity contribution in [2.45, 2.75) is 18.8 Å². The van der Waals surface area contributed by atoms with Crippen LogP contribution in [0, 0.1) is 11.8 Å². The minimum Gasteiger partial charge on any atom is -0.344 e. The molecule has 0 saturated carbocycles. The summed E-state index contributed by atoms with van der Waals surface area (Å²) in [6, 6.07) is 9.49. The molecule has 5 rings (SSSR count). The Morgan fingerprint density at radius 2 is 1.76 bits per heavy atom. The molecule has 0 spiro atoms. The second-order valence-electron chi connectivity index (χ2n) is 8.81. The number of fused-ring (bicyclic) bond motifs is 3. The quantitative estimate of drug-likeness (QED) is 0.382. The number of halogens is 6. The number of benzene rings is 2. The number of alkyl halides is 4. The molecule has 1 saturated heterocycles. The van der Waals surface area contributed by atoms with Gasteiger partial charge in [-0.25, -0.2) is 26.9 Å². The molecule has 1 N–H and O–H groups in total. The fourth-order valence-electron chi connectivity index (χ4n) is 4.36. The predicted molar refractivity (Wildman–Crippen MR) is 123 cm³/mol. The van der Waals surface area contributed by atoms with Crippen molar-refractivity contribution in [1.82, 2.24) is 4.98 Å². The van der Waals surface area contributed by atoms with Gasteiger partial charge in [0.2, 0.25) is 17.8 Å². The number of anilines is 3. The molecule has 2 aliphatic heterocycles. The van der Waals surface area contributed by atoms with E-state index in [-0.39, 0.29) is 45.9 Å². The molecular weight excluding hydrogens is 502 g/mol. The Hall–Kier alpha value is -4.09. The lowest BCUT2D eigenvalue weighted by Gasteiger charge is -2.40. The Morgan fingerprint density at radius 3 is 2.41 bits per heavy atom. The lowest BCUT2D eigenvalue weighted by molar-refractivity contribution is -0.121. The highest BCUT2D eigenvalue weighted by molar-refractivity contribution is 6.08. The van der Waals surface area contributed by atoms with Crippen LogP contribution in [0.25, 0.3) is 11.1 Å². The third-order valence-electron chi connectivity index (χ3n) is 6.13. The summed E-state index contributed by atoms with van der Waals surface area (Å²) in [5, 5.41) is 2.49. The smallest absolute Gasteiger partial charge is 0.282 e. The fourth-order valence-corrected chi connectivity index (χ4v) is 4.36. The summed E-state index contributed by atoms with van der Waals surface area (Å²) < 4.78 is 81.8. The van der Waals surface area contributed by atoms with E-state index >= 15 is 4.39 Å². The number of aromatic nitrogens is 1. The van der Waals surface area contributed by atoms with Crippen LogP contribution in [0.4, 0.5) is 43.5 Å². The van der Waals surface area contributed by atoms with E-state index in [1.807, 2.05) is 0 Å². The number of nitrogens with zero attached hydrogens (tertiary/aromatic N) is 3. The van der Waals surface area contributed by atoms with Gasteiger partial charge in [0.05, 0.1) is 30.8 Å². The van der Waals surface area contributed by atoms with Crippen LogP contribution in [0.2, 0.25) is 0 Å². The van der Waals surface area contributed by atoms with Gasteiger partial charge in [0, 0.05) is 17.3 Å². The van der Waals surface area contributed by atoms with E-state index in [4.69, 9.17) is 0 Å². The van der Waals surface area contributed by atoms with Crippen molar-refractivity contribution < 1.29 is 35.9 Å². The van der Waals surface area contributed by atoms with Crippen LogP contribution < -0.4 is 15.1 Å². The van der Waals surface area contributed by atoms with Crippen LogP contribution >= 0.6 is 0 Å². The highest BCUT2D eigenvalue weighted by Gasteiger charge is 2.45. The molecule has 2 aromatic carbocycles. The molecule has 6 nitrogen and oxygen atoms in total. The Morgan fingerprint density at radius 1 is 1.05 bits per heavy atom. The maximum atomic E-state index is 15.4. The van der Waals surface area contributed by atoms with E-state index in [1.54, 1.807) is 0 Å². The standard InChI is InChI=1S/C25H18F6N4O2/c26-15-3-6-17-14(7-15)8-21(37)35(10-20(36)32-16-4-1-13(2-5-16)23(27)28)18-9-19(33-24(29)22(17)18)34-11-25(30,31)12-34/h1-7,9,23H,8,10-12H2,(H,32,36). The van der Waals surface area contributed by atoms with Crippen LogP contribution in [-0.2, 0) is 16.0 Å². The molecule has 0 bridgehead atoms. The molecule has 0 aliphatic carbocycles. The zero-order chi connectivity index (χ0) is 26.5. The number of carbonyl (C=O) groups excluding carboxylic acids is 2. The van der Waals surface area contributed by atoms with Crippen molar-refractivity contribution in [3.63, 3.8) is 0 Å². The van der Waals surface area contributed by atoms with Gasteiger partial charge in [-0.15, -0.1) is 0 Å². The Balaban J connectivity index is 1.51. The third-order valence-corrected chi connectivity index (χ3v) is 6.13. The number of carbonyl (C=O) groups is 2. The van der Waals surface area contributed by atoms with Gasteiger partial charge in [-0.1, -0.05) is 18.2 Å². The lowest BCUT2D eigenvalue weighted by atomic mass is 9.98. The minimum absolute atomic E-state index is 0.0868. The van der Waals surface area contributed by atoms with Crippen LogP contribution in [0.3, 0.4) is 0 Å². The molecule has 2 amide bonds. The molecule has 192 valence electrons. The Labute approximate surface area is 206 Å². The fraction of sp³-hybridized carbons (Fsp3) is 0.240. The van der Waals surface area contributed by atoms with E-state index in [9.17, 15) is 31.5 Å². The van der Waals surface area contributed by atoms with Crippen molar-refractivity contribution in [1.29, 1.82) is 0 Å². The monoisotopic (exact) mass is 520 g/mol. The third kappa shape index (κ3) is 4.83. The summed E-state index contributed by atoms with van der Waals surface area (Å²) in [6.07, 6.45) is -3.05. The van der Waals surface area contributed by atoms with Crippen molar-refractivity contribution >= 4 is 29.0 Å². The number of hydrogen-bond acceptors (Lipinski definition) is 4. The topological polar surface area (TPSA) is 65.5 Å². The largest absolute Gasteiger partial charge is 0.344 e. The highest BCUT2D eigenvalue weighted by Crippen LogP contribution is 2.42. The van der Waals surface area contributed by atoms with Gasteiger partial charge in [-0.3, -0.25) is 9.59 Å². The van der Waals surface area contributed by atoms with Crippen molar-refractivity contribution in [2.24, 2.45) is 0 Å². The van der Waals surface area contributed by atoms with Crippen LogP contribution in [0.15, 0.2) is 48.5 Å². The minimum atomic E-state index is -2.97. The first kappa shape index (κ1) is 24.6. The molecule has 1 fully saturated rings. The molecule has 0 radical (unpaired) electrons. The number of nitrogens with one attached hydrogen (secondary N) is 1. The van der Waals surface area contributed by atoms with Gasteiger partial charge in [-0.2, -0.15) is 4.39 Å². The number of amides is 2. The van der Waals surface area contributed by atoms with Crippen molar-refractivity contribution in [3.8, 4) is 11.1 Å². The van der Waals surface area contributed by atoms with Gasteiger partial charge in [0.15, 0.2) is 0 Å². The average Bonchev–Trinajstić information content (AvgIpc) is 2.92. The van der Waals surface area contributed by atoms with Crippen molar-refractivity contribution in [2.75, 3.05) is 34.8 Å². The number of pyridine rings is 1. The molecule has 0 unspecified atom stereocenters. The van der Waals surface area contributed by atoms with Gasteiger partial charge < -0.3 is 15.1 Å². The summed E-state index contributed by atoms with van der Waals surface area (Å²) in [7, 11) is 0. The van der Waals surface area contributed by atoms with E-state index in [0.717, 1.165) is 34.1 Å². The summed E-state index contributed by atoms with van der Waals surface area (Å²) in [4.78, 5) is 31.9. The van der Waals surface area contributed by atoms with E-state index < -0.39 is 55.6 Å². The molecule has 37 heavy (non-hydrogen) atoms. The first-order valence-corrected chi connectivity index (χ1v) is 11.1. The number of hydrogen-bond donors (Lipinski definition) is 1. The van der Waals surface area contributed by atoms with Crippen LogP contribution in [-0.4, -0.2) is 42.4 Å². The first-order chi connectivity index (χ1) is 17.5. The molecule has 2 aliphatic rings. The van der Waals surface area contributed by atoms with Gasteiger partial charge in [0.1, 0.15) is 18.2 Å². The maximum Gasteiger partial charge on any atom is 0.282 e. The Kier molecular flexibility index (Phi) is 6.04. The van der Waals surface area contributed by atoms with Crippen LogP contribution in [0.5, 0.6) is 0 Å². The first-order valence-electron chi connectivity index (χ1n) is 11.1. The predicted octanol–water partition coefficient (Wildman–Crippen LogP) is 4.95. The van der Waals surface area contributed by atoms with E-state index in [0.29, 0.717) is 0 Å². The normalized spacial score (nSPS) is 16.1. The number of rotatable bonds is 5. The molecular formula is C25H18F6N4O2. The molecule has 3 heterocycles. The average molecular weight is 520 g/mol. The molecule has 3 aromatic rings. The molecule has 1 aromatic heterocycles. The summed E-state index contributed by atoms with van der Waals surface area (Å²) in [6.45, 7) is -2.00. The summed E-state index contributed by atoms with van der Waals surface area (Å²) in [5.41, 5.74) is 0.0296. The zero-order valence-electron chi connectivity index (χ0n) is 19.0. The second-order valence-corrected chi connectivity index (χ2v) is 8.81. The maximum absolute atomic E-state index is 15.4. The zero-order valence-corrected chi connectivity index (χ0v) is 19.0. The van der Waals surface area contributed by atoms with E-state index in [1.165, 1.54) is 24.3 Å². The Bertz CT molecular complexity index is 1390. The van der Waals surface area contributed by atoms with E-state index in [2.05, 4.69) is 10.3 Å². The molecule has 0 atom stereocenters. The molecule has 12 heteroatoms. The second kappa shape index (κ2) is 9.09. The van der Waals surface area contributed by atoms with Gasteiger partial charge in [-0.05, 0) is 35.4 Å². The summed E-state index contributed by atoms with van der Waals surface area (Å²) in [5.74, 6) is -6.23. The summed E-state index contributed by atoms with van der Waals surface area (Å²) >= 11 is 0. The SMILES string of the molecule is O=C(CN1C(=O)Cc2cc(F)ccc2-c2c1cc(N1CC(F)(F)C1)nc2F)Nc1ccc(C(F)F)cc1.